The van der Waals surface area contributed by atoms with Crippen LogP contribution in [0.2, 0.25) is 5.02 Å². The minimum atomic E-state index is 0.646. The Hall–Kier alpha value is -0.580. The molecule has 1 aliphatic heterocycles. The van der Waals surface area contributed by atoms with Gasteiger partial charge in [0.05, 0.1) is 16.4 Å². The summed E-state index contributed by atoms with van der Waals surface area (Å²) in [6.07, 6.45) is 2.09. The average molecular weight is 257 g/mol. The smallest absolute Gasteiger partial charge is 0.0863 e. The number of rotatable bonds is 4. The lowest BCUT2D eigenvalue weighted by Crippen LogP contribution is -2.24. The van der Waals surface area contributed by atoms with Crippen LogP contribution in [0.15, 0.2) is 0 Å². The van der Waals surface area contributed by atoms with E-state index in [1.54, 1.807) is 0 Å². The molecule has 0 spiro atoms. The Labute approximate surface area is 108 Å². The van der Waals surface area contributed by atoms with Crippen LogP contribution in [-0.4, -0.2) is 34.3 Å². The number of hydrogen-bond acceptors (Lipinski definition) is 3. The molecule has 1 aromatic heterocycles. The van der Waals surface area contributed by atoms with Gasteiger partial charge in [-0.3, -0.25) is 9.58 Å². The first-order valence-electron chi connectivity index (χ1n) is 6.28. The lowest BCUT2D eigenvalue weighted by Gasteiger charge is -2.15. The molecule has 1 aliphatic rings. The molecule has 96 valence electrons. The minimum Gasteiger partial charge on any atom is -0.330 e. The molecular formula is C12H21ClN4. The van der Waals surface area contributed by atoms with Crippen molar-refractivity contribution in [2.45, 2.75) is 26.3 Å². The Morgan fingerprint density at radius 3 is 2.82 bits per heavy atom. The van der Waals surface area contributed by atoms with Crippen molar-refractivity contribution >= 4 is 11.6 Å². The van der Waals surface area contributed by atoms with Crippen molar-refractivity contribution in [1.29, 1.82) is 0 Å². The van der Waals surface area contributed by atoms with Gasteiger partial charge in [0.2, 0.25) is 0 Å². The molecule has 0 saturated carbocycles. The maximum Gasteiger partial charge on any atom is 0.0863 e. The maximum absolute atomic E-state index is 6.34. The van der Waals surface area contributed by atoms with Gasteiger partial charge in [-0.2, -0.15) is 5.10 Å². The van der Waals surface area contributed by atoms with Crippen molar-refractivity contribution in [1.82, 2.24) is 14.7 Å². The zero-order valence-electron chi connectivity index (χ0n) is 10.6. The number of likely N-dealkylation sites (tertiary alicyclic amines) is 1. The number of nitrogens with two attached hydrogens (primary N) is 1. The summed E-state index contributed by atoms with van der Waals surface area (Å²) in [7, 11) is 1.97. The van der Waals surface area contributed by atoms with Gasteiger partial charge in [-0.25, -0.2) is 0 Å². The van der Waals surface area contributed by atoms with Crippen LogP contribution in [0, 0.1) is 5.92 Å². The molecule has 1 saturated heterocycles. The van der Waals surface area contributed by atoms with E-state index in [1.807, 2.05) is 11.7 Å². The Balaban J connectivity index is 2.06. The van der Waals surface area contributed by atoms with Gasteiger partial charge in [-0.1, -0.05) is 18.5 Å². The van der Waals surface area contributed by atoms with Crippen molar-refractivity contribution < 1.29 is 0 Å². The lowest BCUT2D eigenvalue weighted by atomic mass is 10.1. The summed E-state index contributed by atoms with van der Waals surface area (Å²) < 4.78 is 1.91. The van der Waals surface area contributed by atoms with Crippen molar-refractivity contribution in [3.8, 4) is 0 Å². The zero-order valence-corrected chi connectivity index (χ0v) is 11.4. The summed E-state index contributed by atoms with van der Waals surface area (Å²) in [5.74, 6) is 0.646. The maximum atomic E-state index is 6.34. The molecule has 0 aromatic carbocycles. The highest BCUT2D eigenvalue weighted by Crippen LogP contribution is 2.24. The van der Waals surface area contributed by atoms with Crippen LogP contribution in [-0.2, 0) is 20.0 Å². The molecule has 2 rings (SSSR count). The Morgan fingerprint density at radius 2 is 2.29 bits per heavy atom. The third kappa shape index (κ3) is 2.64. The van der Waals surface area contributed by atoms with E-state index in [0.717, 1.165) is 49.0 Å². The summed E-state index contributed by atoms with van der Waals surface area (Å²) in [5, 5.41) is 5.28. The molecule has 2 heterocycles. The standard InChI is InChI=1S/C12H21ClN4/c1-3-10-12(13)11(16(2)15-10)8-17-5-4-9(6-14)7-17/h9H,3-8,14H2,1-2H3. The number of nitrogens with zero attached hydrogens (tertiary/aromatic N) is 3. The van der Waals surface area contributed by atoms with E-state index in [1.165, 1.54) is 6.42 Å². The molecule has 1 atom stereocenters. The van der Waals surface area contributed by atoms with Crippen LogP contribution in [0.3, 0.4) is 0 Å². The molecule has 17 heavy (non-hydrogen) atoms. The van der Waals surface area contributed by atoms with E-state index < -0.39 is 0 Å². The number of hydrogen-bond donors (Lipinski definition) is 1. The Morgan fingerprint density at radius 1 is 1.53 bits per heavy atom. The first-order valence-corrected chi connectivity index (χ1v) is 6.66. The second kappa shape index (κ2) is 5.38. The van der Waals surface area contributed by atoms with Crippen LogP contribution in [0.1, 0.15) is 24.7 Å². The quantitative estimate of drug-likeness (QED) is 0.886. The summed E-state index contributed by atoms with van der Waals surface area (Å²) in [4.78, 5) is 2.42. The molecular weight excluding hydrogens is 236 g/mol. The van der Waals surface area contributed by atoms with E-state index in [0.29, 0.717) is 5.92 Å². The number of aromatic nitrogens is 2. The van der Waals surface area contributed by atoms with Crippen molar-refractivity contribution in [2.75, 3.05) is 19.6 Å². The third-order valence-electron chi connectivity index (χ3n) is 3.58. The van der Waals surface area contributed by atoms with Crippen LogP contribution >= 0.6 is 11.6 Å². The van der Waals surface area contributed by atoms with Gasteiger partial charge < -0.3 is 5.73 Å². The van der Waals surface area contributed by atoms with Gasteiger partial charge >= 0.3 is 0 Å². The highest BCUT2D eigenvalue weighted by Gasteiger charge is 2.23. The molecule has 0 aliphatic carbocycles. The number of aryl methyl sites for hydroxylation is 2. The van der Waals surface area contributed by atoms with E-state index in [9.17, 15) is 0 Å². The second-order valence-electron chi connectivity index (χ2n) is 4.81. The van der Waals surface area contributed by atoms with E-state index >= 15 is 0 Å². The molecule has 1 unspecified atom stereocenters. The molecule has 0 amide bonds. The van der Waals surface area contributed by atoms with Crippen LogP contribution in [0.25, 0.3) is 0 Å². The van der Waals surface area contributed by atoms with Gasteiger partial charge in [-0.15, -0.1) is 0 Å². The second-order valence-corrected chi connectivity index (χ2v) is 5.19. The van der Waals surface area contributed by atoms with Crippen LogP contribution in [0.5, 0.6) is 0 Å². The summed E-state index contributed by atoms with van der Waals surface area (Å²) >= 11 is 6.34. The zero-order chi connectivity index (χ0) is 12.4. The first kappa shape index (κ1) is 12.9. The fourth-order valence-corrected chi connectivity index (χ4v) is 2.81. The first-order chi connectivity index (χ1) is 8.15. The van der Waals surface area contributed by atoms with Crippen LogP contribution in [0.4, 0.5) is 0 Å². The largest absolute Gasteiger partial charge is 0.330 e. The molecule has 0 bridgehead atoms. The average Bonchev–Trinajstić information content (AvgIpc) is 2.88. The highest BCUT2D eigenvalue weighted by molar-refractivity contribution is 6.31. The van der Waals surface area contributed by atoms with E-state index in [2.05, 4.69) is 16.9 Å². The minimum absolute atomic E-state index is 0.646. The summed E-state index contributed by atoms with van der Waals surface area (Å²) in [5.41, 5.74) is 7.83. The fourth-order valence-electron chi connectivity index (χ4n) is 2.45. The van der Waals surface area contributed by atoms with Gasteiger partial charge in [0.25, 0.3) is 0 Å². The molecule has 4 nitrogen and oxygen atoms in total. The van der Waals surface area contributed by atoms with Crippen molar-refractivity contribution in [3.63, 3.8) is 0 Å². The van der Waals surface area contributed by atoms with Gasteiger partial charge in [0.1, 0.15) is 0 Å². The predicted octanol–water partition coefficient (Wildman–Crippen LogP) is 1.42. The molecule has 1 aromatic rings. The number of halogens is 1. The molecule has 5 heteroatoms. The summed E-state index contributed by atoms with van der Waals surface area (Å²) in [6.45, 7) is 5.96. The van der Waals surface area contributed by atoms with Gasteiger partial charge in [0.15, 0.2) is 0 Å². The predicted molar refractivity (Wildman–Crippen MR) is 70.0 cm³/mol. The Kier molecular flexibility index (Phi) is 4.07. The Bertz CT molecular complexity index is 388. The van der Waals surface area contributed by atoms with Crippen molar-refractivity contribution in [2.24, 2.45) is 18.7 Å². The van der Waals surface area contributed by atoms with E-state index in [4.69, 9.17) is 17.3 Å². The molecule has 2 N–H and O–H groups in total. The van der Waals surface area contributed by atoms with Crippen LogP contribution < -0.4 is 5.73 Å². The van der Waals surface area contributed by atoms with Gasteiger partial charge in [0, 0.05) is 20.1 Å². The third-order valence-corrected chi connectivity index (χ3v) is 4.02. The van der Waals surface area contributed by atoms with Gasteiger partial charge in [-0.05, 0) is 31.8 Å². The topological polar surface area (TPSA) is 47.1 Å². The van der Waals surface area contributed by atoms with Crippen molar-refractivity contribution in [3.05, 3.63) is 16.4 Å². The monoisotopic (exact) mass is 256 g/mol. The molecule has 0 radical (unpaired) electrons. The lowest BCUT2D eigenvalue weighted by molar-refractivity contribution is 0.309. The van der Waals surface area contributed by atoms with E-state index in [-0.39, 0.29) is 0 Å². The normalized spacial score (nSPS) is 21.3. The molecule has 1 fully saturated rings. The summed E-state index contributed by atoms with van der Waals surface area (Å²) in [6, 6.07) is 0. The highest BCUT2D eigenvalue weighted by atomic mass is 35.5. The fraction of sp³-hybridized carbons (Fsp3) is 0.750. The SMILES string of the molecule is CCc1nn(C)c(CN2CCC(CN)C2)c1Cl.